The van der Waals surface area contributed by atoms with Crippen molar-refractivity contribution in [1.29, 1.82) is 0 Å². The summed E-state index contributed by atoms with van der Waals surface area (Å²) in [5, 5.41) is 1.72. The van der Waals surface area contributed by atoms with E-state index in [4.69, 9.17) is 4.84 Å². The summed E-state index contributed by atoms with van der Waals surface area (Å²) in [6.07, 6.45) is -0.844. The standard InChI is InChI=1S/C23H17IN2O3/c24-17-13-7-8-14-18(17)25-22(27)19-20(15-9-3-1-4-10-15)26(29-21(19)23(25)28)16-11-5-2-6-12-16/h1-14,19-21H/t19-,20-,21+/m0/s1. The molecule has 2 aliphatic rings. The quantitative estimate of drug-likeness (QED) is 0.400. The third-order valence-corrected chi connectivity index (χ3v) is 6.27. The fourth-order valence-corrected chi connectivity index (χ4v) is 4.70. The van der Waals surface area contributed by atoms with E-state index in [1.54, 1.807) is 11.1 Å². The molecular formula is C23H17IN2O3. The Bertz CT molecular complexity index is 1070. The Kier molecular flexibility index (Phi) is 4.60. The number of anilines is 2. The van der Waals surface area contributed by atoms with E-state index in [2.05, 4.69) is 22.6 Å². The molecule has 0 unspecified atom stereocenters. The Morgan fingerprint density at radius 3 is 2.07 bits per heavy atom. The molecule has 2 saturated heterocycles. The highest BCUT2D eigenvalue weighted by Crippen LogP contribution is 2.47. The Morgan fingerprint density at radius 2 is 1.38 bits per heavy atom. The van der Waals surface area contributed by atoms with Gasteiger partial charge in [0.05, 0.1) is 17.4 Å². The van der Waals surface area contributed by atoms with Crippen molar-refractivity contribution in [3.8, 4) is 0 Å². The lowest BCUT2D eigenvalue weighted by Crippen LogP contribution is -2.37. The number of hydrogen-bond acceptors (Lipinski definition) is 4. The van der Waals surface area contributed by atoms with Crippen molar-refractivity contribution >= 4 is 45.8 Å². The maximum Gasteiger partial charge on any atom is 0.266 e. The third kappa shape index (κ3) is 2.94. The molecule has 0 N–H and O–H groups in total. The number of para-hydroxylation sites is 2. The summed E-state index contributed by atoms with van der Waals surface area (Å²) >= 11 is 2.15. The number of hydrogen-bond donors (Lipinski definition) is 0. The van der Waals surface area contributed by atoms with Crippen LogP contribution >= 0.6 is 22.6 Å². The van der Waals surface area contributed by atoms with Gasteiger partial charge in [-0.05, 0) is 52.4 Å². The summed E-state index contributed by atoms with van der Waals surface area (Å²) in [7, 11) is 0. The molecule has 3 atom stereocenters. The Morgan fingerprint density at radius 1 is 0.759 bits per heavy atom. The molecule has 0 aliphatic carbocycles. The van der Waals surface area contributed by atoms with Crippen LogP contribution in [0.15, 0.2) is 84.9 Å². The van der Waals surface area contributed by atoms with Crippen LogP contribution in [0, 0.1) is 9.49 Å². The molecule has 144 valence electrons. The van der Waals surface area contributed by atoms with Crippen LogP contribution < -0.4 is 9.96 Å². The monoisotopic (exact) mass is 496 g/mol. The number of carbonyl (C=O) groups excluding carboxylic acids is 2. The smallest absolute Gasteiger partial charge is 0.266 e. The van der Waals surface area contributed by atoms with Crippen molar-refractivity contribution in [2.45, 2.75) is 12.1 Å². The first-order valence-corrected chi connectivity index (χ1v) is 10.4. The lowest BCUT2D eigenvalue weighted by molar-refractivity contribution is -0.126. The van der Waals surface area contributed by atoms with Crippen molar-refractivity contribution < 1.29 is 14.4 Å². The van der Waals surface area contributed by atoms with Gasteiger partial charge < -0.3 is 0 Å². The van der Waals surface area contributed by atoms with E-state index in [-0.39, 0.29) is 17.9 Å². The largest absolute Gasteiger partial charge is 0.273 e. The van der Waals surface area contributed by atoms with E-state index in [0.29, 0.717) is 5.69 Å². The topological polar surface area (TPSA) is 49.9 Å². The molecule has 2 heterocycles. The van der Waals surface area contributed by atoms with E-state index in [1.807, 2.05) is 78.9 Å². The number of rotatable bonds is 3. The lowest BCUT2D eigenvalue weighted by Gasteiger charge is -2.28. The predicted octanol–water partition coefficient (Wildman–Crippen LogP) is 4.34. The normalized spacial score (nSPS) is 23.6. The molecule has 0 saturated carbocycles. The van der Waals surface area contributed by atoms with Gasteiger partial charge in [-0.2, -0.15) is 0 Å². The van der Waals surface area contributed by atoms with Crippen LogP contribution in [0.2, 0.25) is 0 Å². The van der Waals surface area contributed by atoms with Crippen LogP contribution in [-0.2, 0) is 14.4 Å². The van der Waals surface area contributed by atoms with Crippen molar-refractivity contribution in [2.24, 2.45) is 5.92 Å². The summed E-state index contributed by atoms with van der Waals surface area (Å²) in [6, 6.07) is 26.4. The molecule has 5 nitrogen and oxygen atoms in total. The maximum atomic E-state index is 13.5. The number of fused-ring (bicyclic) bond motifs is 1. The summed E-state index contributed by atoms with van der Waals surface area (Å²) in [4.78, 5) is 34.2. The average molecular weight is 496 g/mol. The minimum atomic E-state index is -0.844. The van der Waals surface area contributed by atoms with Gasteiger partial charge in [0.25, 0.3) is 5.91 Å². The molecule has 2 amide bonds. The van der Waals surface area contributed by atoms with Gasteiger partial charge in [-0.15, -0.1) is 0 Å². The van der Waals surface area contributed by atoms with Gasteiger partial charge in [0.15, 0.2) is 6.10 Å². The SMILES string of the molecule is O=C1[C@@H]2[C@@H](ON(c3ccccc3)[C@H]2c2ccccc2)C(=O)N1c1ccccc1I. The number of carbonyl (C=O) groups is 2. The molecule has 29 heavy (non-hydrogen) atoms. The molecule has 0 spiro atoms. The Hall–Kier alpha value is -2.71. The zero-order valence-corrected chi connectivity index (χ0v) is 17.5. The first kappa shape index (κ1) is 18.3. The van der Waals surface area contributed by atoms with Crippen LogP contribution in [0.25, 0.3) is 0 Å². The molecule has 6 heteroatoms. The van der Waals surface area contributed by atoms with Gasteiger partial charge >= 0.3 is 0 Å². The molecule has 3 aromatic rings. The molecule has 2 aliphatic heterocycles. The number of amides is 2. The van der Waals surface area contributed by atoms with Crippen LogP contribution in [0.1, 0.15) is 11.6 Å². The van der Waals surface area contributed by atoms with E-state index in [1.165, 1.54) is 4.90 Å². The van der Waals surface area contributed by atoms with E-state index in [0.717, 1.165) is 14.8 Å². The Balaban J connectivity index is 1.60. The predicted molar refractivity (Wildman–Crippen MR) is 118 cm³/mol. The van der Waals surface area contributed by atoms with Gasteiger partial charge in [-0.3, -0.25) is 14.4 Å². The van der Waals surface area contributed by atoms with Crippen molar-refractivity contribution in [3.05, 3.63) is 94.1 Å². The van der Waals surface area contributed by atoms with E-state index < -0.39 is 12.0 Å². The van der Waals surface area contributed by atoms with Crippen LogP contribution in [-0.4, -0.2) is 17.9 Å². The summed E-state index contributed by atoms with van der Waals surface area (Å²) in [6.45, 7) is 0. The van der Waals surface area contributed by atoms with Crippen LogP contribution in [0.3, 0.4) is 0 Å². The molecule has 0 aromatic heterocycles. The first-order chi connectivity index (χ1) is 14.2. The number of halogens is 1. The molecule has 3 aromatic carbocycles. The van der Waals surface area contributed by atoms with Crippen LogP contribution in [0.5, 0.6) is 0 Å². The minimum absolute atomic E-state index is 0.226. The highest BCUT2D eigenvalue weighted by Gasteiger charge is 2.60. The number of imide groups is 1. The highest BCUT2D eigenvalue weighted by atomic mass is 127. The van der Waals surface area contributed by atoms with Crippen molar-refractivity contribution in [3.63, 3.8) is 0 Å². The number of benzene rings is 3. The third-order valence-electron chi connectivity index (χ3n) is 5.36. The van der Waals surface area contributed by atoms with Crippen LogP contribution in [0.4, 0.5) is 11.4 Å². The van der Waals surface area contributed by atoms with E-state index in [9.17, 15) is 9.59 Å². The van der Waals surface area contributed by atoms with Gasteiger partial charge in [0.1, 0.15) is 5.92 Å². The van der Waals surface area contributed by atoms with Gasteiger partial charge in [-0.25, -0.2) is 9.96 Å². The molecular weight excluding hydrogens is 479 g/mol. The molecule has 5 rings (SSSR count). The molecule has 2 fully saturated rings. The maximum absolute atomic E-state index is 13.5. The molecule has 0 radical (unpaired) electrons. The average Bonchev–Trinajstić information content (AvgIpc) is 3.26. The molecule has 0 bridgehead atoms. The summed E-state index contributed by atoms with van der Waals surface area (Å²) in [5.41, 5.74) is 2.37. The first-order valence-electron chi connectivity index (χ1n) is 9.35. The second-order valence-electron chi connectivity index (χ2n) is 7.03. The number of hydroxylamine groups is 1. The number of nitrogens with zero attached hydrogens (tertiary/aromatic N) is 2. The fraction of sp³-hybridized carbons (Fsp3) is 0.130. The second kappa shape index (κ2) is 7.27. The zero-order valence-electron chi connectivity index (χ0n) is 15.3. The summed E-state index contributed by atoms with van der Waals surface area (Å²) in [5.74, 6) is -1.15. The highest BCUT2D eigenvalue weighted by molar-refractivity contribution is 14.1. The Labute approximate surface area is 182 Å². The lowest BCUT2D eigenvalue weighted by atomic mass is 9.90. The van der Waals surface area contributed by atoms with E-state index >= 15 is 0 Å². The van der Waals surface area contributed by atoms with Gasteiger partial charge in [0, 0.05) is 3.57 Å². The fourth-order valence-electron chi connectivity index (χ4n) is 4.07. The summed E-state index contributed by atoms with van der Waals surface area (Å²) < 4.78 is 0.850. The van der Waals surface area contributed by atoms with Crippen molar-refractivity contribution in [2.75, 3.05) is 9.96 Å². The van der Waals surface area contributed by atoms with Gasteiger partial charge in [-0.1, -0.05) is 60.7 Å². The van der Waals surface area contributed by atoms with Gasteiger partial charge in [0.2, 0.25) is 5.91 Å². The van der Waals surface area contributed by atoms with Crippen molar-refractivity contribution in [1.82, 2.24) is 0 Å². The minimum Gasteiger partial charge on any atom is -0.273 e. The second-order valence-corrected chi connectivity index (χ2v) is 8.19. The zero-order chi connectivity index (χ0) is 20.0.